The number of carbonyl (C=O) groups excluding carboxylic acids is 1. The van der Waals surface area contributed by atoms with Crippen LogP contribution in [0.15, 0.2) is 30.3 Å². The number of nitrogens with zero attached hydrogens (tertiary/aromatic N) is 1. The largest absolute Gasteiger partial charge is 0.480 e. The number of rotatable bonds is 8. The van der Waals surface area contributed by atoms with E-state index < -0.39 is 12.0 Å². The van der Waals surface area contributed by atoms with E-state index in [9.17, 15) is 14.7 Å². The highest BCUT2D eigenvalue weighted by Crippen LogP contribution is 2.05. The van der Waals surface area contributed by atoms with E-state index in [1.165, 1.54) is 0 Å². The summed E-state index contributed by atoms with van der Waals surface area (Å²) >= 11 is 0. The van der Waals surface area contributed by atoms with Crippen LogP contribution in [0.5, 0.6) is 0 Å². The maximum absolute atomic E-state index is 12.2. The zero-order chi connectivity index (χ0) is 15.7. The summed E-state index contributed by atoms with van der Waals surface area (Å²) < 4.78 is 0. The second kappa shape index (κ2) is 9.00. The van der Waals surface area contributed by atoms with Crippen LogP contribution in [0.2, 0.25) is 0 Å². The zero-order valence-electron chi connectivity index (χ0n) is 12.7. The summed E-state index contributed by atoms with van der Waals surface area (Å²) in [6.07, 6.45) is 1.99. The lowest BCUT2D eigenvalue weighted by Gasteiger charge is -2.24. The lowest BCUT2D eigenvalue weighted by Crippen LogP contribution is -2.49. The van der Waals surface area contributed by atoms with E-state index in [-0.39, 0.29) is 12.5 Å². The molecule has 0 saturated heterocycles. The van der Waals surface area contributed by atoms with Crippen LogP contribution in [0.3, 0.4) is 0 Å². The van der Waals surface area contributed by atoms with Crippen molar-refractivity contribution in [3.05, 3.63) is 35.9 Å². The number of urea groups is 1. The molecule has 0 unspecified atom stereocenters. The number of benzene rings is 1. The van der Waals surface area contributed by atoms with E-state index >= 15 is 0 Å². The van der Waals surface area contributed by atoms with Gasteiger partial charge in [-0.25, -0.2) is 9.59 Å². The van der Waals surface area contributed by atoms with Crippen molar-refractivity contribution >= 4 is 12.0 Å². The molecule has 0 aliphatic heterocycles. The third kappa shape index (κ3) is 5.85. The molecule has 0 fully saturated rings. The normalized spacial score (nSPS) is 11.7. The maximum atomic E-state index is 12.2. The predicted molar refractivity (Wildman–Crippen MR) is 82.3 cm³/mol. The molecule has 2 amide bonds. The molecular formula is C16H24N2O3. The molecule has 21 heavy (non-hydrogen) atoms. The fraction of sp³-hybridized carbons (Fsp3) is 0.500. The van der Waals surface area contributed by atoms with Crippen molar-refractivity contribution in [2.45, 2.75) is 39.2 Å². The summed E-state index contributed by atoms with van der Waals surface area (Å²) in [5.74, 6) is -1.01. The van der Waals surface area contributed by atoms with Gasteiger partial charge in [0.2, 0.25) is 0 Å². The van der Waals surface area contributed by atoms with Crippen molar-refractivity contribution in [1.29, 1.82) is 0 Å². The average Bonchev–Trinajstić information content (AvgIpc) is 2.47. The molecule has 5 nitrogen and oxygen atoms in total. The Balaban J connectivity index is 2.69. The Morgan fingerprint density at radius 3 is 2.19 bits per heavy atom. The Bertz CT molecular complexity index is 442. The van der Waals surface area contributed by atoms with E-state index in [0.717, 1.165) is 18.4 Å². The molecule has 1 aromatic carbocycles. The topological polar surface area (TPSA) is 69.6 Å². The Labute approximate surface area is 126 Å². The summed E-state index contributed by atoms with van der Waals surface area (Å²) in [5.41, 5.74) is 0.891. The second-order valence-electron chi connectivity index (χ2n) is 5.02. The fourth-order valence-corrected chi connectivity index (χ4v) is 2.14. The van der Waals surface area contributed by atoms with Gasteiger partial charge in [0.25, 0.3) is 0 Å². The first-order chi connectivity index (χ1) is 10.1. The van der Waals surface area contributed by atoms with Crippen LogP contribution in [-0.2, 0) is 11.2 Å². The smallest absolute Gasteiger partial charge is 0.326 e. The number of hydrogen-bond donors (Lipinski definition) is 2. The van der Waals surface area contributed by atoms with Gasteiger partial charge >= 0.3 is 12.0 Å². The summed E-state index contributed by atoms with van der Waals surface area (Å²) in [5, 5.41) is 11.9. The van der Waals surface area contributed by atoms with Crippen molar-refractivity contribution in [3.63, 3.8) is 0 Å². The first-order valence-corrected chi connectivity index (χ1v) is 7.40. The monoisotopic (exact) mass is 292 g/mol. The third-order valence-corrected chi connectivity index (χ3v) is 3.15. The lowest BCUT2D eigenvalue weighted by atomic mass is 10.1. The van der Waals surface area contributed by atoms with Crippen LogP contribution in [0.1, 0.15) is 32.3 Å². The van der Waals surface area contributed by atoms with Gasteiger partial charge in [-0.3, -0.25) is 0 Å². The number of carboxylic acids is 1. The second-order valence-corrected chi connectivity index (χ2v) is 5.02. The van der Waals surface area contributed by atoms with Crippen LogP contribution >= 0.6 is 0 Å². The molecule has 0 radical (unpaired) electrons. The Kier molecular flexibility index (Phi) is 7.29. The van der Waals surface area contributed by atoms with Gasteiger partial charge in [-0.15, -0.1) is 0 Å². The number of nitrogens with one attached hydrogen (secondary N) is 1. The first kappa shape index (κ1) is 17.0. The zero-order valence-corrected chi connectivity index (χ0v) is 12.7. The highest BCUT2D eigenvalue weighted by Gasteiger charge is 2.22. The molecule has 0 aliphatic carbocycles. The Hall–Kier alpha value is -2.04. The number of aliphatic carboxylic acids is 1. The van der Waals surface area contributed by atoms with Gasteiger partial charge in [-0.1, -0.05) is 44.2 Å². The molecule has 0 bridgehead atoms. The third-order valence-electron chi connectivity index (χ3n) is 3.15. The summed E-state index contributed by atoms with van der Waals surface area (Å²) in [4.78, 5) is 25.2. The van der Waals surface area contributed by atoms with Gasteiger partial charge in [-0.2, -0.15) is 0 Å². The summed E-state index contributed by atoms with van der Waals surface area (Å²) in [6.45, 7) is 5.26. The minimum Gasteiger partial charge on any atom is -0.480 e. The van der Waals surface area contributed by atoms with Crippen molar-refractivity contribution in [2.75, 3.05) is 13.1 Å². The van der Waals surface area contributed by atoms with Gasteiger partial charge in [0.1, 0.15) is 6.04 Å². The summed E-state index contributed by atoms with van der Waals surface area (Å²) in [6, 6.07) is 8.10. The Morgan fingerprint density at radius 1 is 1.14 bits per heavy atom. The maximum Gasteiger partial charge on any atom is 0.326 e. The van der Waals surface area contributed by atoms with Crippen LogP contribution in [0.25, 0.3) is 0 Å². The van der Waals surface area contributed by atoms with Crippen molar-refractivity contribution in [1.82, 2.24) is 10.2 Å². The van der Waals surface area contributed by atoms with Gasteiger partial charge in [0, 0.05) is 19.5 Å². The number of carboxylic acid groups (broad SMARTS) is 1. The van der Waals surface area contributed by atoms with E-state index in [2.05, 4.69) is 5.32 Å². The number of amides is 2. The molecule has 1 rings (SSSR count). The van der Waals surface area contributed by atoms with Gasteiger partial charge < -0.3 is 15.3 Å². The van der Waals surface area contributed by atoms with Crippen LogP contribution < -0.4 is 5.32 Å². The van der Waals surface area contributed by atoms with Crippen LogP contribution in [0.4, 0.5) is 4.79 Å². The molecule has 0 spiro atoms. The molecule has 1 aromatic rings. The van der Waals surface area contributed by atoms with E-state index in [0.29, 0.717) is 13.1 Å². The number of hydrogen-bond acceptors (Lipinski definition) is 2. The molecule has 0 aliphatic rings. The average molecular weight is 292 g/mol. The van der Waals surface area contributed by atoms with Crippen molar-refractivity contribution in [3.8, 4) is 0 Å². The van der Waals surface area contributed by atoms with Gasteiger partial charge in [0.05, 0.1) is 0 Å². The minimum atomic E-state index is -1.01. The number of carbonyl (C=O) groups is 2. The highest BCUT2D eigenvalue weighted by molar-refractivity contribution is 5.82. The van der Waals surface area contributed by atoms with Crippen molar-refractivity contribution in [2.24, 2.45) is 0 Å². The molecule has 0 aromatic heterocycles. The quantitative estimate of drug-likeness (QED) is 0.773. The molecule has 2 N–H and O–H groups in total. The molecule has 1 atom stereocenters. The van der Waals surface area contributed by atoms with Gasteiger partial charge in [0.15, 0.2) is 0 Å². The van der Waals surface area contributed by atoms with Gasteiger partial charge in [-0.05, 0) is 18.4 Å². The van der Waals surface area contributed by atoms with E-state index in [1.807, 2.05) is 44.2 Å². The minimum absolute atomic E-state index is 0.286. The standard InChI is InChI=1S/C16H24N2O3/c1-3-10-18(11-4-2)16(21)17-14(15(19)20)12-13-8-6-5-7-9-13/h5-9,14H,3-4,10-12H2,1-2H3,(H,17,21)(H,19,20)/t14-/m1/s1. The molecular weight excluding hydrogens is 268 g/mol. The predicted octanol–water partition coefficient (Wildman–Crippen LogP) is 2.51. The highest BCUT2D eigenvalue weighted by atomic mass is 16.4. The first-order valence-electron chi connectivity index (χ1n) is 7.40. The van der Waals surface area contributed by atoms with Crippen LogP contribution in [0, 0.1) is 0 Å². The summed E-state index contributed by atoms with van der Waals surface area (Å²) in [7, 11) is 0. The lowest BCUT2D eigenvalue weighted by molar-refractivity contribution is -0.139. The Morgan fingerprint density at radius 2 is 1.71 bits per heavy atom. The van der Waals surface area contributed by atoms with Crippen LogP contribution in [-0.4, -0.2) is 41.1 Å². The fourth-order valence-electron chi connectivity index (χ4n) is 2.14. The molecule has 5 heteroatoms. The SMILES string of the molecule is CCCN(CCC)C(=O)N[C@H](Cc1ccccc1)C(=O)O. The molecule has 0 heterocycles. The van der Waals surface area contributed by atoms with E-state index in [4.69, 9.17) is 0 Å². The molecule has 116 valence electrons. The molecule has 0 saturated carbocycles. The van der Waals surface area contributed by atoms with E-state index in [1.54, 1.807) is 4.90 Å². The van der Waals surface area contributed by atoms with Crippen molar-refractivity contribution < 1.29 is 14.7 Å².